The number of thiophene rings is 1. The number of hydrogen-bond donors (Lipinski definition) is 3. The minimum atomic E-state index is -1.04. The number of hydrogen-bond acceptors (Lipinski definition) is 6. The van der Waals surface area contributed by atoms with E-state index in [9.17, 15) is 9.90 Å². The van der Waals surface area contributed by atoms with Gasteiger partial charge in [0.1, 0.15) is 17.4 Å². The lowest BCUT2D eigenvalue weighted by atomic mass is 10.0. The highest BCUT2D eigenvalue weighted by Crippen LogP contribution is 2.35. The SMILES string of the molecule is C[C@@H](O)c1nc2cnc3ccsc3c2n1[C@H]1CC[C@H](CNC(=O)O)OC1. The quantitative estimate of drug-likeness (QED) is 0.646. The van der Waals surface area contributed by atoms with Crippen molar-refractivity contribution in [1.82, 2.24) is 19.9 Å². The predicted molar refractivity (Wildman–Crippen MR) is 97.6 cm³/mol. The molecule has 26 heavy (non-hydrogen) atoms. The maximum atomic E-state index is 10.6. The number of carboxylic acid groups (broad SMARTS) is 1. The molecule has 3 aromatic rings. The van der Waals surface area contributed by atoms with Crippen LogP contribution in [0.2, 0.25) is 0 Å². The number of nitrogens with one attached hydrogen (secondary N) is 1. The molecule has 3 aromatic heterocycles. The van der Waals surface area contributed by atoms with Gasteiger partial charge in [-0.05, 0) is 31.2 Å². The molecule has 1 aliphatic rings. The molecule has 1 fully saturated rings. The number of imidazole rings is 1. The molecule has 0 bridgehead atoms. The Labute approximate surface area is 153 Å². The summed E-state index contributed by atoms with van der Waals surface area (Å²) in [6.45, 7) is 2.45. The summed E-state index contributed by atoms with van der Waals surface area (Å²) in [5.41, 5.74) is 2.67. The molecular formula is C17H20N4O4S. The predicted octanol–water partition coefficient (Wildman–Crippen LogP) is 2.69. The molecule has 0 radical (unpaired) electrons. The maximum Gasteiger partial charge on any atom is 0.404 e. The van der Waals surface area contributed by atoms with Gasteiger partial charge in [-0.15, -0.1) is 11.3 Å². The van der Waals surface area contributed by atoms with Crippen LogP contribution in [0.25, 0.3) is 21.3 Å². The standard InChI is InChI=1S/C17H20N4O4S/c1-9(22)16-20-13-7-18-12-4-5-26-15(12)14(13)21(16)10-2-3-11(25-8-10)6-19-17(23)24/h4-5,7,9-11,19,22H,2-3,6,8H2,1H3,(H,23,24)/t9-,10+,11-/m1/s1. The van der Waals surface area contributed by atoms with E-state index in [1.807, 2.05) is 11.4 Å². The molecule has 3 atom stereocenters. The fourth-order valence-corrected chi connectivity index (χ4v) is 4.41. The molecule has 3 N–H and O–H groups in total. The normalized spacial score (nSPS) is 21.9. The van der Waals surface area contributed by atoms with E-state index in [4.69, 9.17) is 9.84 Å². The zero-order chi connectivity index (χ0) is 18.3. The Kier molecular flexibility index (Phi) is 4.51. The van der Waals surface area contributed by atoms with Crippen molar-refractivity contribution in [2.24, 2.45) is 0 Å². The molecule has 0 spiro atoms. The summed E-state index contributed by atoms with van der Waals surface area (Å²) in [6, 6.07) is 2.02. The van der Waals surface area contributed by atoms with Crippen molar-refractivity contribution in [3.05, 3.63) is 23.5 Å². The van der Waals surface area contributed by atoms with Crippen molar-refractivity contribution in [2.75, 3.05) is 13.2 Å². The number of pyridine rings is 1. The molecule has 0 aromatic carbocycles. The first-order chi connectivity index (χ1) is 12.5. The van der Waals surface area contributed by atoms with Gasteiger partial charge in [0.2, 0.25) is 0 Å². The van der Waals surface area contributed by atoms with Crippen molar-refractivity contribution in [2.45, 2.75) is 38.0 Å². The van der Waals surface area contributed by atoms with E-state index in [1.54, 1.807) is 24.5 Å². The second-order valence-corrected chi connectivity index (χ2v) is 7.43. The first kappa shape index (κ1) is 17.2. The van der Waals surface area contributed by atoms with Gasteiger partial charge >= 0.3 is 6.09 Å². The summed E-state index contributed by atoms with van der Waals surface area (Å²) in [4.78, 5) is 19.7. The van der Waals surface area contributed by atoms with Gasteiger partial charge in [0, 0.05) is 6.54 Å². The summed E-state index contributed by atoms with van der Waals surface area (Å²) in [5.74, 6) is 0.610. The fourth-order valence-electron chi connectivity index (χ4n) is 3.52. The summed E-state index contributed by atoms with van der Waals surface area (Å²) >= 11 is 1.61. The highest BCUT2D eigenvalue weighted by Gasteiger charge is 2.28. The van der Waals surface area contributed by atoms with Crippen LogP contribution in [-0.4, -0.2) is 50.1 Å². The van der Waals surface area contributed by atoms with Gasteiger partial charge in [-0.3, -0.25) is 4.98 Å². The smallest absolute Gasteiger partial charge is 0.404 e. The summed E-state index contributed by atoms with van der Waals surface area (Å²) < 4.78 is 9.01. The Morgan fingerprint density at radius 3 is 3.04 bits per heavy atom. The first-order valence-electron chi connectivity index (χ1n) is 8.55. The van der Waals surface area contributed by atoms with Crippen LogP contribution < -0.4 is 5.32 Å². The molecule has 1 aliphatic heterocycles. The number of carbonyl (C=O) groups is 1. The number of fused-ring (bicyclic) bond motifs is 3. The van der Waals surface area contributed by atoms with Crippen LogP contribution in [-0.2, 0) is 4.74 Å². The molecule has 0 saturated carbocycles. The second-order valence-electron chi connectivity index (χ2n) is 6.52. The monoisotopic (exact) mass is 376 g/mol. The van der Waals surface area contributed by atoms with E-state index in [0.717, 1.165) is 34.1 Å². The molecule has 1 amide bonds. The number of aromatic nitrogens is 3. The average Bonchev–Trinajstić information content (AvgIpc) is 3.24. The van der Waals surface area contributed by atoms with Crippen LogP contribution in [0.1, 0.15) is 37.7 Å². The van der Waals surface area contributed by atoms with Gasteiger partial charge in [0.15, 0.2) is 0 Å². The molecular weight excluding hydrogens is 356 g/mol. The third-order valence-corrected chi connectivity index (χ3v) is 5.63. The number of rotatable bonds is 4. The van der Waals surface area contributed by atoms with Crippen molar-refractivity contribution < 1.29 is 19.7 Å². The zero-order valence-corrected chi connectivity index (χ0v) is 15.1. The van der Waals surface area contributed by atoms with E-state index < -0.39 is 12.2 Å². The van der Waals surface area contributed by atoms with Crippen LogP contribution in [0, 0.1) is 0 Å². The molecule has 4 heterocycles. The van der Waals surface area contributed by atoms with Crippen LogP contribution in [0.3, 0.4) is 0 Å². The Bertz CT molecular complexity index is 943. The molecule has 0 aliphatic carbocycles. The van der Waals surface area contributed by atoms with Gasteiger partial charge in [0.05, 0.1) is 40.7 Å². The Balaban J connectivity index is 1.68. The van der Waals surface area contributed by atoms with Crippen LogP contribution >= 0.6 is 11.3 Å². The number of nitrogens with zero attached hydrogens (tertiary/aromatic N) is 3. The lowest BCUT2D eigenvalue weighted by molar-refractivity contribution is -0.0108. The van der Waals surface area contributed by atoms with Gasteiger partial charge in [0.25, 0.3) is 0 Å². The Morgan fingerprint density at radius 1 is 1.50 bits per heavy atom. The molecule has 138 valence electrons. The lowest BCUT2D eigenvalue weighted by Gasteiger charge is -2.31. The topological polar surface area (TPSA) is 110 Å². The van der Waals surface area contributed by atoms with E-state index in [2.05, 4.69) is 19.9 Å². The maximum absolute atomic E-state index is 10.6. The molecule has 9 heteroatoms. The van der Waals surface area contributed by atoms with E-state index >= 15 is 0 Å². The number of ether oxygens (including phenoxy) is 1. The molecule has 4 rings (SSSR count). The van der Waals surface area contributed by atoms with E-state index in [1.165, 1.54) is 0 Å². The number of aliphatic hydroxyl groups is 1. The third kappa shape index (κ3) is 3.02. The average molecular weight is 376 g/mol. The fraction of sp³-hybridized carbons (Fsp3) is 0.471. The van der Waals surface area contributed by atoms with Crippen molar-refractivity contribution in [3.63, 3.8) is 0 Å². The van der Waals surface area contributed by atoms with Crippen molar-refractivity contribution in [3.8, 4) is 0 Å². The van der Waals surface area contributed by atoms with Crippen LogP contribution in [0.15, 0.2) is 17.6 Å². The highest BCUT2D eigenvalue weighted by atomic mass is 32.1. The highest BCUT2D eigenvalue weighted by molar-refractivity contribution is 7.18. The van der Waals surface area contributed by atoms with Gasteiger partial charge in [-0.1, -0.05) is 0 Å². The lowest BCUT2D eigenvalue weighted by Crippen LogP contribution is -2.37. The minimum absolute atomic E-state index is 0.0402. The number of aliphatic hydroxyl groups excluding tert-OH is 1. The van der Waals surface area contributed by atoms with Crippen molar-refractivity contribution >= 4 is 38.7 Å². The van der Waals surface area contributed by atoms with Crippen molar-refractivity contribution in [1.29, 1.82) is 0 Å². The zero-order valence-electron chi connectivity index (χ0n) is 14.3. The van der Waals surface area contributed by atoms with Gasteiger partial charge in [-0.2, -0.15) is 0 Å². The summed E-state index contributed by atoms with van der Waals surface area (Å²) in [5, 5.41) is 23.3. The largest absolute Gasteiger partial charge is 0.465 e. The summed E-state index contributed by atoms with van der Waals surface area (Å²) in [6.07, 6.45) is 1.44. The van der Waals surface area contributed by atoms with Crippen LogP contribution in [0.5, 0.6) is 0 Å². The second kappa shape index (κ2) is 6.82. The van der Waals surface area contributed by atoms with Crippen LogP contribution in [0.4, 0.5) is 4.79 Å². The Morgan fingerprint density at radius 2 is 2.35 bits per heavy atom. The first-order valence-corrected chi connectivity index (χ1v) is 9.43. The summed E-state index contributed by atoms with van der Waals surface area (Å²) in [7, 11) is 0. The number of amides is 1. The third-order valence-electron chi connectivity index (χ3n) is 4.72. The van der Waals surface area contributed by atoms with E-state index in [-0.39, 0.29) is 18.7 Å². The minimum Gasteiger partial charge on any atom is -0.465 e. The van der Waals surface area contributed by atoms with E-state index in [0.29, 0.717) is 12.4 Å². The molecule has 8 nitrogen and oxygen atoms in total. The van der Waals surface area contributed by atoms with Gasteiger partial charge < -0.3 is 24.8 Å². The van der Waals surface area contributed by atoms with Gasteiger partial charge in [-0.25, -0.2) is 9.78 Å². The molecule has 0 unspecified atom stereocenters. The Hall–Kier alpha value is -2.23. The molecule has 1 saturated heterocycles.